The number of carbonyl (C=O) groups excluding carboxylic acids is 1. The van der Waals surface area contributed by atoms with Crippen LogP contribution in [0.5, 0.6) is 0 Å². The van der Waals surface area contributed by atoms with E-state index in [1.165, 1.54) is 22.7 Å². The van der Waals surface area contributed by atoms with Crippen molar-refractivity contribution >= 4 is 21.6 Å². The average Bonchev–Trinajstić information content (AvgIpc) is 3.35. The summed E-state index contributed by atoms with van der Waals surface area (Å²) in [7, 11) is -3.92. The van der Waals surface area contributed by atoms with Crippen LogP contribution in [0.2, 0.25) is 0 Å². The Morgan fingerprint density at radius 3 is 2.29 bits per heavy atom. The number of hydrogen-bond acceptors (Lipinski definition) is 4. The van der Waals surface area contributed by atoms with Crippen molar-refractivity contribution in [2.45, 2.75) is 44.7 Å². The summed E-state index contributed by atoms with van der Waals surface area (Å²) in [6, 6.07) is 22.1. The molecule has 0 radical (unpaired) electrons. The molecule has 1 saturated heterocycles. The highest BCUT2D eigenvalue weighted by Crippen LogP contribution is 2.24. The van der Waals surface area contributed by atoms with E-state index >= 15 is 0 Å². The summed E-state index contributed by atoms with van der Waals surface area (Å²) in [5.41, 5.74) is 4.58. The summed E-state index contributed by atoms with van der Waals surface area (Å²) >= 11 is 0. The minimum absolute atomic E-state index is 0.159. The highest BCUT2D eigenvalue weighted by molar-refractivity contribution is 7.92. The Morgan fingerprint density at radius 1 is 0.886 bits per heavy atom. The minimum atomic E-state index is -3.92. The Bertz CT molecular complexity index is 1270. The highest BCUT2D eigenvalue weighted by atomic mass is 32.2. The standard InChI is InChI=1S/C28H33N3O3S/c1-22-11-13-27(14-12-22)35(33,34)31(26-10-5-7-23(2)17-26)21-28(32)29-19-24-8-6-9-25(18-24)20-30-15-3-4-16-30/h5-14,17-18H,3-4,15-16,19-21H2,1-2H3,(H,29,32). The molecular weight excluding hydrogens is 458 g/mol. The molecule has 0 unspecified atom stereocenters. The van der Waals surface area contributed by atoms with Gasteiger partial charge in [-0.1, -0.05) is 54.1 Å². The first kappa shape index (κ1) is 24.9. The number of benzene rings is 3. The van der Waals surface area contributed by atoms with Crippen LogP contribution >= 0.6 is 0 Å². The smallest absolute Gasteiger partial charge is 0.264 e. The van der Waals surface area contributed by atoms with E-state index in [1.54, 1.807) is 42.5 Å². The van der Waals surface area contributed by atoms with Gasteiger partial charge >= 0.3 is 0 Å². The number of sulfonamides is 1. The molecule has 1 fully saturated rings. The molecule has 0 atom stereocenters. The maximum atomic E-state index is 13.5. The molecule has 0 aliphatic carbocycles. The van der Waals surface area contributed by atoms with E-state index < -0.39 is 10.0 Å². The van der Waals surface area contributed by atoms with Crippen molar-refractivity contribution in [2.75, 3.05) is 23.9 Å². The second-order valence-electron chi connectivity index (χ2n) is 9.24. The summed E-state index contributed by atoms with van der Waals surface area (Å²) in [5.74, 6) is -0.355. The molecule has 1 heterocycles. The third kappa shape index (κ3) is 6.50. The van der Waals surface area contributed by atoms with Crippen LogP contribution in [0, 0.1) is 13.8 Å². The molecule has 0 aromatic heterocycles. The molecule has 1 N–H and O–H groups in total. The fraction of sp³-hybridized carbons (Fsp3) is 0.321. The lowest BCUT2D eigenvalue weighted by Gasteiger charge is -2.24. The van der Waals surface area contributed by atoms with Gasteiger partial charge in [-0.3, -0.25) is 14.0 Å². The highest BCUT2D eigenvalue weighted by Gasteiger charge is 2.27. The van der Waals surface area contributed by atoms with Crippen LogP contribution < -0.4 is 9.62 Å². The first-order valence-electron chi connectivity index (χ1n) is 12.0. The predicted octanol–water partition coefficient (Wildman–Crippen LogP) is 4.41. The van der Waals surface area contributed by atoms with Gasteiger partial charge in [0.2, 0.25) is 5.91 Å². The Hall–Kier alpha value is -3.16. The number of nitrogens with one attached hydrogen (secondary N) is 1. The van der Waals surface area contributed by atoms with Gasteiger partial charge in [0.25, 0.3) is 10.0 Å². The van der Waals surface area contributed by atoms with Gasteiger partial charge in [0.05, 0.1) is 10.6 Å². The van der Waals surface area contributed by atoms with Gasteiger partial charge in [-0.25, -0.2) is 8.42 Å². The molecule has 4 rings (SSSR count). The fourth-order valence-corrected chi connectivity index (χ4v) is 5.77. The van der Waals surface area contributed by atoms with Crippen molar-refractivity contribution in [3.63, 3.8) is 0 Å². The molecule has 3 aromatic carbocycles. The number of anilines is 1. The Morgan fingerprint density at radius 2 is 1.57 bits per heavy atom. The van der Waals surface area contributed by atoms with Gasteiger partial charge in [-0.05, 0) is 80.7 Å². The molecule has 35 heavy (non-hydrogen) atoms. The molecular formula is C28H33N3O3S. The molecule has 1 aliphatic rings. The van der Waals surface area contributed by atoms with Crippen molar-refractivity contribution in [3.05, 3.63) is 95.1 Å². The zero-order chi connectivity index (χ0) is 24.8. The SMILES string of the molecule is Cc1ccc(S(=O)(=O)N(CC(=O)NCc2cccc(CN3CCCC3)c2)c2cccc(C)c2)cc1. The van der Waals surface area contributed by atoms with E-state index in [0.29, 0.717) is 12.2 Å². The van der Waals surface area contributed by atoms with E-state index in [-0.39, 0.29) is 17.3 Å². The lowest BCUT2D eigenvalue weighted by molar-refractivity contribution is -0.119. The molecule has 3 aromatic rings. The monoisotopic (exact) mass is 491 g/mol. The number of amides is 1. The van der Waals surface area contributed by atoms with Gasteiger partial charge in [0.1, 0.15) is 6.54 Å². The largest absolute Gasteiger partial charge is 0.350 e. The maximum absolute atomic E-state index is 13.5. The molecule has 1 aliphatic heterocycles. The van der Waals surface area contributed by atoms with Gasteiger partial charge in [-0.2, -0.15) is 0 Å². The first-order valence-corrected chi connectivity index (χ1v) is 13.5. The van der Waals surface area contributed by atoms with Crippen LogP contribution in [0.1, 0.15) is 35.1 Å². The first-order chi connectivity index (χ1) is 16.8. The zero-order valence-corrected chi connectivity index (χ0v) is 21.2. The molecule has 7 heteroatoms. The van der Waals surface area contributed by atoms with Crippen molar-refractivity contribution < 1.29 is 13.2 Å². The van der Waals surface area contributed by atoms with Crippen molar-refractivity contribution in [3.8, 4) is 0 Å². The van der Waals surface area contributed by atoms with E-state index in [2.05, 4.69) is 22.3 Å². The van der Waals surface area contributed by atoms with Crippen molar-refractivity contribution in [2.24, 2.45) is 0 Å². The average molecular weight is 492 g/mol. The summed E-state index contributed by atoms with van der Waals surface area (Å²) in [4.78, 5) is 15.6. The normalized spacial score (nSPS) is 14.1. The number of rotatable bonds is 9. The topological polar surface area (TPSA) is 69.7 Å². The van der Waals surface area contributed by atoms with E-state index in [4.69, 9.17) is 0 Å². The lowest BCUT2D eigenvalue weighted by Crippen LogP contribution is -2.40. The molecule has 0 spiro atoms. The molecule has 6 nitrogen and oxygen atoms in total. The third-order valence-electron chi connectivity index (χ3n) is 6.27. The number of likely N-dealkylation sites (tertiary alicyclic amines) is 1. The second-order valence-corrected chi connectivity index (χ2v) is 11.1. The molecule has 0 bridgehead atoms. The predicted molar refractivity (Wildman–Crippen MR) is 140 cm³/mol. The number of hydrogen-bond donors (Lipinski definition) is 1. The summed E-state index contributed by atoms with van der Waals surface area (Å²) in [6.07, 6.45) is 2.50. The molecule has 184 valence electrons. The van der Waals surface area contributed by atoms with Crippen molar-refractivity contribution in [1.82, 2.24) is 10.2 Å². The van der Waals surface area contributed by atoms with E-state index in [9.17, 15) is 13.2 Å². The minimum Gasteiger partial charge on any atom is -0.350 e. The Kier molecular flexibility index (Phi) is 7.88. The maximum Gasteiger partial charge on any atom is 0.264 e. The number of carbonyl (C=O) groups is 1. The second kappa shape index (κ2) is 11.1. The lowest BCUT2D eigenvalue weighted by atomic mass is 10.1. The summed E-state index contributed by atoms with van der Waals surface area (Å²) in [5, 5.41) is 2.91. The third-order valence-corrected chi connectivity index (χ3v) is 8.06. The fourth-order valence-electron chi connectivity index (χ4n) is 4.36. The van der Waals surface area contributed by atoms with Crippen LogP contribution in [0.25, 0.3) is 0 Å². The van der Waals surface area contributed by atoms with E-state index in [0.717, 1.165) is 36.3 Å². The van der Waals surface area contributed by atoms with Crippen LogP contribution in [0.15, 0.2) is 77.7 Å². The summed E-state index contributed by atoms with van der Waals surface area (Å²) in [6.45, 7) is 7.03. The van der Waals surface area contributed by atoms with Gasteiger partial charge in [-0.15, -0.1) is 0 Å². The summed E-state index contributed by atoms with van der Waals surface area (Å²) < 4.78 is 28.2. The van der Waals surface area contributed by atoms with Gasteiger partial charge < -0.3 is 5.32 Å². The van der Waals surface area contributed by atoms with Crippen LogP contribution in [0.4, 0.5) is 5.69 Å². The van der Waals surface area contributed by atoms with Crippen LogP contribution in [-0.4, -0.2) is 38.9 Å². The quantitative estimate of drug-likeness (QED) is 0.481. The Balaban J connectivity index is 1.48. The van der Waals surface area contributed by atoms with Gasteiger partial charge in [0.15, 0.2) is 0 Å². The zero-order valence-electron chi connectivity index (χ0n) is 20.4. The van der Waals surface area contributed by atoms with Gasteiger partial charge in [0, 0.05) is 13.1 Å². The molecule has 0 saturated carbocycles. The van der Waals surface area contributed by atoms with Crippen LogP contribution in [0.3, 0.4) is 0 Å². The van der Waals surface area contributed by atoms with E-state index in [1.807, 2.05) is 32.0 Å². The Labute approximate surface area is 208 Å². The van der Waals surface area contributed by atoms with Crippen LogP contribution in [-0.2, 0) is 27.9 Å². The van der Waals surface area contributed by atoms with Crippen molar-refractivity contribution in [1.29, 1.82) is 0 Å². The molecule has 1 amide bonds. The number of aryl methyl sites for hydroxylation is 2. The number of nitrogens with zero attached hydrogens (tertiary/aromatic N) is 2.